The van der Waals surface area contributed by atoms with E-state index in [1.807, 2.05) is 0 Å². The zero-order chi connectivity index (χ0) is 15.0. The molecule has 0 aromatic rings. The smallest absolute Gasteiger partial charge is 0.222 e. The molecule has 20 heavy (non-hydrogen) atoms. The molecule has 0 aromatic carbocycles. The topological polar surface area (TPSA) is 32.3 Å². The summed E-state index contributed by atoms with van der Waals surface area (Å²) in [6, 6.07) is 0.616. The lowest BCUT2D eigenvalue weighted by atomic mass is 9.89. The van der Waals surface area contributed by atoms with Gasteiger partial charge in [0.25, 0.3) is 0 Å². The molecule has 2 unspecified atom stereocenters. The fourth-order valence-corrected chi connectivity index (χ4v) is 3.23. The van der Waals surface area contributed by atoms with Gasteiger partial charge >= 0.3 is 0 Å². The van der Waals surface area contributed by atoms with Crippen LogP contribution in [0.2, 0.25) is 0 Å². The van der Waals surface area contributed by atoms with Crippen molar-refractivity contribution in [3.8, 4) is 0 Å². The largest absolute Gasteiger partial charge is 0.343 e. The molecule has 0 radical (unpaired) electrons. The van der Waals surface area contributed by atoms with Gasteiger partial charge < -0.3 is 10.2 Å². The molecule has 1 saturated heterocycles. The molecule has 2 atom stereocenters. The molecule has 3 nitrogen and oxygen atoms in total. The summed E-state index contributed by atoms with van der Waals surface area (Å²) in [6.07, 6.45) is 6.52. The van der Waals surface area contributed by atoms with Gasteiger partial charge in [0.2, 0.25) is 5.91 Å². The fourth-order valence-electron chi connectivity index (χ4n) is 3.23. The van der Waals surface area contributed by atoms with Crippen LogP contribution >= 0.6 is 0 Å². The van der Waals surface area contributed by atoms with Crippen LogP contribution in [0, 0.1) is 11.8 Å². The Hall–Kier alpha value is -0.570. The molecule has 1 aliphatic heterocycles. The normalized spacial score (nSPS) is 22.1. The SMILES string of the molecule is CCNC(CC)CCCN1CCC(C(C)C)CCC1=O. The van der Waals surface area contributed by atoms with Gasteiger partial charge in [-0.3, -0.25) is 4.79 Å². The quantitative estimate of drug-likeness (QED) is 0.739. The molecule has 3 heteroatoms. The monoisotopic (exact) mass is 282 g/mol. The zero-order valence-corrected chi connectivity index (χ0v) is 14.0. The molecule has 0 aromatic heterocycles. The third-order valence-electron chi connectivity index (χ3n) is 4.76. The van der Waals surface area contributed by atoms with Gasteiger partial charge in [0.1, 0.15) is 0 Å². The molecule has 1 fully saturated rings. The third kappa shape index (κ3) is 5.82. The maximum Gasteiger partial charge on any atom is 0.222 e. The first kappa shape index (κ1) is 17.5. The van der Waals surface area contributed by atoms with E-state index < -0.39 is 0 Å². The molecule has 0 bridgehead atoms. The molecule has 0 aliphatic carbocycles. The second-order valence-corrected chi connectivity index (χ2v) is 6.52. The summed E-state index contributed by atoms with van der Waals surface area (Å²) in [6.45, 7) is 11.9. The second-order valence-electron chi connectivity index (χ2n) is 6.52. The van der Waals surface area contributed by atoms with Crippen LogP contribution in [-0.4, -0.2) is 36.5 Å². The number of rotatable bonds is 8. The highest BCUT2D eigenvalue weighted by Crippen LogP contribution is 2.25. The molecule has 1 N–H and O–H groups in total. The number of likely N-dealkylation sites (tertiary alicyclic amines) is 1. The van der Waals surface area contributed by atoms with Crippen LogP contribution in [0.25, 0.3) is 0 Å². The summed E-state index contributed by atoms with van der Waals surface area (Å²) in [5, 5.41) is 3.51. The minimum Gasteiger partial charge on any atom is -0.343 e. The predicted molar refractivity (Wildman–Crippen MR) is 85.7 cm³/mol. The van der Waals surface area contributed by atoms with Crippen LogP contribution in [0.4, 0.5) is 0 Å². The van der Waals surface area contributed by atoms with E-state index in [0.29, 0.717) is 17.9 Å². The number of nitrogens with one attached hydrogen (secondary N) is 1. The van der Waals surface area contributed by atoms with Gasteiger partial charge in [0, 0.05) is 25.6 Å². The Morgan fingerprint density at radius 3 is 2.65 bits per heavy atom. The Morgan fingerprint density at radius 1 is 1.30 bits per heavy atom. The Labute approximate surface area is 125 Å². The highest BCUT2D eigenvalue weighted by Gasteiger charge is 2.23. The van der Waals surface area contributed by atoms with Crippen molar-refractivity contribution >= 4 is 5.91 Å². The zero-order valence-electron chi connectivity index (χ0n) is 14.0. The van der Waals surface area contributed by atoms with Crippen LogP contribution < -0.4 is 5.32 Å². The number of carbonyl (C=O) groups excluding carboxylic acids is 1. The Bertz CT molecular complexity index is 278. The number of amides is 1. The highest BCUT2D eigenvalue weighted by atomic mass is 16.2. The number of hydrogen-bond acceptors (Lipinski definition) is 2. The molecule has 1 heterocycles. The molecule has 0 saturated carbocycles. The summed E-state index contributed by atoms with van der Waals surface area (Å²) in [5.41, 5.74) is 0. The second kappa shape index (κ2) is 9.38. The summed E-state index contributed by atoms with van der Waals surface area (Å²) in [5.74, 6) is 1.82. The predicted octanol–water partition coefficient (Wildman–Crippen LogP) is 3.44. The van der Waals surface area contributed by atoms with Crippen LogP contribution in [0.5, 0.6) is 0 Å². The lowest BCUT2D eigenvalue weighted by molar-refractivity contribution is -0.130. The van der Waals surface area contributed by atoms with E-state index in [2.05, 4.69) is 37.9 Å². The first-order valence-corrected chi connectivity index (χ1v) is 8.59. The average molecular weight is 282 g/mol. The van der Waals surface area contributed by atoms with Gasteiger partial charge in [-0.25, -0.2) is 0 Å². The summed E-state index contributed by atoms with van der Waals surface area (Å²) in [7, 11) is 0. The van der Waals surface area contributed by atoms with Crippen molar-refractivity contribution in [3.05, 3.63) is 0 Å². The fraction of sp³-hybridized carbons (Fsp3) is 0.941. The summed E-state index contributed by atoms with van der Waals surface area (Å²) >= 11 is 0. The van der Waals surface area contributed by atoms with Crippen LogP contribution in [-0.2, 0) is 4.79 Å². The van der Waals surface area contributed by atoms with Crippen molar-refractivity contribution in [2.45, 2.75) is 72.3 Å². The van der Waals surface area contributed by atoms with Crippen LogP contribution in [0.1, 0.15) is 66.2 Å². The molecule has 0 spiro atoms. The molecular weight excluding hydrogens is 248 g/mol. The molecule has 1 aliphatic rings. The minimum atomic E-state index is 0.379. The molecule has 1 rings (SSSR count). The van der Waals surface area contributed by atoms with E-state index in [-0.39, 0.29) is 0 Å². The van der Waals surface area contributed by atoms with Crippen molar-refractivity contribution in [1.82, 2.24) is 10.2 Å². The first-order chi connectivity index (χ1) is 9.58. The van der Waals surface area contributed by atoms with Crippen molar-refractivity contribution in [2.24, 2.45) is 11.8 Å². The van der Waals surface area contributed by atoms with Gasteiger partial charge in [-0.05, 0) is 50.5 Å². The van der Waals surface area contributed by atoms with Gasteiger partial charge in [-0.1, -0.05) is 27.7 Å². The van der Waals surface area contributed by atoms with E-state index in [1.165, 1.54) is 19.3 Å². The maximum absolute atomic E-state index is 12.2. The van der Waals surface area contributed by atoms with Gasteiger partial charge in [0.05, 0.1) is 0 Å². The van der Waals surface area contributed by atoms with Gasteiger partial charge in [-0.15, -0.1) is 0 Å². The number of carbonyl (C=O) groups is 1. The van der Waals surface area contributed by atoms with E-state index >= 15 is 0 Å². The molecule has 1 amide bonds. The maximum atomic E-state index is 12.2. The van der Waals surface area contributed by atoms with E-state index in [0.717, 1.165) is 44.8 Å². The lowest BCUT2D eigenvalue weighted by Gasteiger charge is -2.23. The van der Waals surface area contributed by atoms with Crippen LogP contribution in [0.15, 0.2) is 0 Å². The first-order valence-electron chi connectivity index (χ1n) is 8.59. The van der Waals surface area contributed by atoms with Gasteiger partial charge in [0.15, 0.2) is 0 Å². The number of nitrogens with zero attached hydrogens (tertiary/aromatic N) is 1. The van der Waals surface area contributed by atoms with Crippen molar-refractivity contribution < 1.29 is 4.79 Å². The highest BCUT2D eigenvalue weighted by molar-refractivity contribution is 5.76. The summed E-state index contributed by atoms with van der Waals surface area (Å²) < 4.78 is 0. The Morgan fingerprint density at radius 2 is 2.05 bits per heavy atom. The Kier molecular flexibility index (Phi) is 8.20. The lowest BCUT2D eigenvalue weighted by Crippen LogP contribution is -2.33. The Balaban J connectivity index is 2.33. The third-order valence-corrected chi connectivity index (χ3v) is 4.76. The van der Waals surface area contributed by atoms with E-state index in [1.54, 1.807) is 0 Å². The number of hydrogen-bond donors (Lipinski definition) is 1. The standard InChI is InChI=1S/C17H34N2O/c1-5-16(18-6-2)8-7-12-19-13-11-15(14(3)4)9-10-17(19)20/h14-16,18H,5-13H2,1-4H3. The van der Waals surface area contributed by atoms with Crippen LogP contribution in [0.3, 0.4) is 0 Å². The molecule has 118 valence electrons. The molecular formula is C17H34N2O. The van der Waals surface area contributed by atoms with Crippen molar-refractivity contribution in [1.29, 1.82) is 0 Å². The van der Waals surface area contributed by atoms with Crippen molar-refractivity contribution in [3.63, 3.8) is 0 Å². The van der Waals surface area contributed by atoms with E-state index in [4.69, 9.17) is 0 Å². The van der Waals surface area contributed by atoms with Gasteiger partial charge in [-0.2, -0.15) is 0 Å². The van der Waals surface area contributed by atoms with Crippen molar-refractivity contribution in [2.75, 3.05) is 19.6 Å². The van der Waals surface area contributed by atoms with E-state index in [9.17, 15) is 4.79 Å². The average Bonchev–Trinajstić information content (AvgIpc) is 2.60. The minimum absolute atomic E-state index is 0.379. The summed E-state index contributed by atoms with van der Waals surface area (Å²) in [4.78, 5) is 14.3.